The molecule has 1 aromatic carbocycles. The summed E-state index contributed by atoms with van der Waals surface area (Å²) in [5, 5.41) is 1.02. The maximum atomic E-state index is 13.0. The fourth-order valence-corrected chi connectivity index (χ4v) is 7.38. The third-order valence-corrected chi connectivity index (χ3v) is 10.2. The smallest absolute Gasteiger partial charge is 0.262 e. The largest absolute Gasteiger partial charge is 0.383 e. The second-order valence-corrected chi connectivity index (χ2v) is 12.1. The fourth-order valence-electron chi connectivity index (χ4n) is 5.32. The quantitative estimate of drug-likeness (QED) is 0.242. The Balaban J connectivity index is 1.33. The van der Waals surface area contributed by atoms with Crippen molar-refractivity contribution in [2.45, 2.75) is 43.7 Å². The molecule has 4 N–H and O–H groups in total. The fraction of sp³-hybridized carbons (Fsp3) is 0.423. The third-order valence-electron chi connectivity index (χ3n) is 7.63. The van der Waals surface area contributed by atoms with Crippen molar-refractivity contribution in [3.8, 4) is 0 Å². The van der Waals surface area contributed by atoms with Gasteiger partial charge in [-0.2, -0.15) is 0 Å². The lowest BCUT2D eigenvalue weighted by atomic mass is 9.74. The first-order valence-corrected chi connectivity index (χ1v) is 14.6. The van der Waals surface area contributed by atoms with Gasteiger partial charge in [0.2, 0.25) is 0 Å². The minimum Gasteiger partial charge on any atom is -0.383 e. The second kappa shape index (κ2) is 11.4. The van der Waals surface area contributed by atoms with Gasteiger partial charge >= 0.3 is 0 Å². The van der Waals surface area contributed by atoms with E-state index in [1.165, 1.54) is 27.5 Å². The van der Waals surface area contributed by atoms with Crippen LogP contribution in [0.5, 0.6) is 0 Å². The van der Waals surface area contributed by atoms with E-state index in [9.17, 15) is 4.79 Å². The standard InChI is InChI=1S/C26H31ClN8O2S2/c1-15(34-8-6-26(7-9-34)12-17-21(22(26)28)38-14-32-17)33-23(29)24(30-2)39-18-5-4-16-19(20(18)27)25(36)35(13-31-16)10-11-37-3/h4-5,13-14,22H,2,6-12,28-29H2,1,3H3/b24-23+,33-15?/t22-/m1/s1. The third kappa shape index (κ3) is 5.23. The van der Waals surface area contributed by atoms with Crippen LogP contribution >= 0.6 is 34.7 Å². The van der Waals surface area contributed by atoms with Crippen molar-refractivity contribution < 1.29 is 4.74 Å². The topological polar surface area (TPSA) is 137 Å². The summed E-state index contributed by atoms with van der Waals surface area (Å²) in [7, 11) is 1.58. The summed E-state index contributed by atoms with van der Waals surface area (Å²) in [6, 6.07) is 3.59. The minimum atomic E-state index is -0.237. The highest BCUT2D eigenvalue weighted by atomic mass is 35.5. The van der Waals surface area contributed by atoms with Gasteiger partial charge in [-0.3, -0.25) is 14.4 Å². The van der Waals surface area contributed by atoms with Crippen molar-refractivity contribution in [3.05, 3.63) is 60.8 Å². The van der Waals surface area contributed by atoms with Gasteiger partial charge in [-0.1, -0.05) is 23.4 Å². The molecule has 10 nitrogen and oxygen atoms in total. The Labute approximate surface area is 239 Å². The molecule has 13 heteroatoms. The van der Waals surface area contributed by atoms with Gasteiger partial charge in [-0.15, -0.1) is 11.3 Å². The molecule has 0 unspecified atom stereocenters. The molecule has 1 saturated heterocycles. The van der Waals surface area contributed by atoms with Crippen LogP contribution in [0, 0.1) is 5.41 Å². The van der Waals surface area contributed by atoms with Gasteiger partial charge < -0.3 is 21.1 Å². The van der Waals surface area contributed by atoms with E-state index in [1.54, 1.807) is 30.6 Å². The number of benzene rings is 1. The molecule has 2 aliphatic rings. The van der Waals surface area contributed by atoms with E-state index in [2.05, 4.69) is 31.6 Å². The van der Waals surface area contributed by atoms with Crippen LogP contribution < -0.4 is 17.0 Å². The Morgan fingerprint density at radius 1 is 1.36 bits per heavy atom. The number of aliphatic imine (C=N–C) groups is 2. The molecule has 3 heterocycles. The highest BCUT2D eigenvalue weighted by molar-refractivity contribution is 8.03. The van der Waals surface area contributed by atoms with Crippen molar-refractivity contribution >= 4 is 58.2 Å². The number of nitrogens with two attached hydrogens (primary N) is 2. The Hall–Kier alpha value is -2.77. The van der Waals surface area contributed by atoms with E-state index in [-0.39, 0.29) is 27.9 Å². The Morgan fingerprint density at radius 3 is 2.82 bits per heavy atom. The van der Waals surface area contributed by atoms with Crippen molar-refractivity contribution in [1.29, 1.82) is 0 Å². The van der Waals surface area contributed by atoms with Crippen molar-refractivity contribution in [1.82, 2.24) is 19.4 Å². The Bertz CT molecular complexity index is 1520. The lowest BCUT2D eigenvalue weighted by molar-refractivity contribution is 0.127. The number of piperidine rings is 1. The summed E-state index contributed by atoms with van der Waals surface area (Å²) in [5.74, 6) is 1.04. The van der Waals surface area contributed by atoms with Crippen LogP contribution in [0.2, 0.25) is 5.02 Å². The van der Waals surface area contributed by atoms with Crippen LogP contribution in [-0.2, 0) is 17.7 Å². The summed E-state index contributed by atoms with van der Waals surface area (Å²) < 4.78 is 6.57. The van der Waals surface area contributed by atoms with E-state index in [0.717, 1.165) is 43.9 Å². The Kier molecular flexibility index (Phi) is 8.11. The van der Waals surface area contributed by atoms with Gasteiger partial charge in [0.25, 0.3) is 5.56 Å². The summed E-state index contributed by atoms with van der Waals surface area (Å²) in [5.41, 5.74) is 16.4. The zero-order chi connectivity index (χ0) is 27.7. The molecule has 1 aliphatic carbocycles. The first-order valence-electron chi connectivity index (χ1n) is 12.6. The zero-order valence-corrected chi connectivity index (χ0v) is 24.3. The number of thiazole rings is 1. The van der Waals surface area contributed by atoms with Crippen molar-refractivity contribution in [2.75, 3.05) is 26.8 Å². The van der Waals surface area contributed by atoms with Gasteiger partial charge in [0, 0.05) is 36.0 Å². The molecular formula is C26H31ClN8O2S2. The number of likely N-dealkylation sites (tertiary alicyclic amines) is 1. The first-order chi connectivity index (χ1) is 18.8. The predicted octanol–water partition coefficient (Wildman–Crippen LogP) is 3.79. The number of amidine groups is 1. The number of ether oxygens (including phenoxy) is 1. The summed E-state index contributed by atoms with van der Waals surface area (Å²) in [6.45, 7) is 8.07. The van der Waals surface area contributed by atoms with Crippen LogP contribution in [-0.4, -0.2) is 58.8 Å². The van der Waals surface area contributed by atoms with Crippen LogP contribution in [0.25, 0.3) is 10.9 Å². The number of nitrogens with zero attached hydrogens (tertiary/aromatic N) is 6. The maximum Gasteiger partial charge on any atom is 0.262 e. The Morgan fingerprint density at radius 2 is 2.13 bits per heavy atom. The van der Waals surface area contributed by atoms with Gasteiger partial charge in [-0.25, -0.2) is 15.0 Å². The van der Waals surface area contributed by atoms with Crippen LogP contribution in [0.3, 0.4) is 0 Å². The molecule has 0 amide bonds. The second-order valence-electron chi connectivity index (χ2n) is 9.78. The summed E-state index contributed by atoms with van der Waals surface area (Å²) >= 11 is 9.57. The van der Waals surface area contributed by atoms with Gasteiger partial charge in [0.1, 0.15) is 10.9 Å². The minimum absolute atomic E-state index is 0.0447. The molecule has 1 spiro atoms. The first kappa shape index (κ1) is 27.8. The van der Waals surface area contributed by atoms with E-state index >= 15 is 0 Å². The molecule has 0 radical (unpaired) electrons. The lowest BCUT2D eigenvalue weighted by Gasteiger charge is -2.42. The number of hydrogen-bond acceptors (Lipinski definition) is 10. The van der Waals surface area contributed by atoms with Gasteiger partial charge in [0.05, 0.1) is 46.6 Å². The molecular weight excluding hydrogens is 556 g/mol. The molecule has 3 aromatic rings. The summed E-state index contributed by atoms with van der Waals surface area (Å²) in [6.07, 6.45) is 4.38. The van der Waals surface area contributed by atoms with E-state index in [0.29, 0.717) is 34.0 Å². The molecule has 0 saturated carbocycles. The van der Waals surface area contributed by atoms with Crippen LogP contribution in [0.4, 0.5) is 0 Å². The number of thioether (sulfide) groups is 1. The highest BCUT2D eigenvalue weighted by Crippen LogP contribution is 2.51. The van der Waals surface area contributed by atoms with Crippen LogP contribution in [0.15, 0.2) is 54.5 Å². The predicted molar refractivity (Wildman–Crippen MR) is 159 cm³/mol. The molecule has 1 atom stereocenters. The maximum absolute atomic E-state index is 13.0. The van der Waals surface area contributed by atoms with Crippen LogP contribution in [0.1, 0.15) is 36.4 Å². The molecule has 0 bridgehead atoms. The number of hydrogen-bond donors (Lipinski definition) is 2. The van der Waals surface area contributed by atoms with E-state index in [1.807, 2.05) is 12.4 Å². The van der Waals surface area contributed by atoms with Gasteiger partial charge in [-0.05, 0) is 50.5 Å². The number of halogens is 1. The number of fused-ring (bicyclic) bond motifs is 2. The number of aromatic nitrogens is 3. The monoisotopic (exact) mass is 586 g/mol. The normalized spacial score (nSPS) is 19.4. The molecule has 2 aromatic heterocycles. The number of methoxy groups -OCH3 is 1. The average Bonchev–Trinajstić information content (AvgIpc) is 3.48. The van der Waals surface area contributed by atoms with Crippen molar-refractivity contribution in [3.63, 3.8) is 0 Å². The highest BCUT2D eigenvalue weighted by Gasteiger charge is 2.47. The molecule has 39 heavy (non-hydrogen) atoms. The summed E-state index contributed by atoms with van der Waals surface area (Å²) in [4.78, 5) is 34.8. The molecule has 1 aliphatic heterocycles. The van der Waals surface area contributed by atoms with Crippen molar-refractivity contribution in [2.24, 2.45) is 26.9 Å². The van der Waals surface area contributed by atoms with E-state index in [4.69, 9.17) is 27.8 Å². The average molecular weight is 587 g/mol. The lowest BCUT2D eigenvalue weighted by Crippen LogP contribution is -2.46. The number of rotatable bonds is 7. The molecule has 1 fully saturated rings. The van der Waals surface area contributed by atoms with E-state index < -0.39 is 0 Å². The molecule has 206 valence electrons. The van der Waals surface area contributed by atoms with Gasteiger partial charge in [0.15, 0.2) is 5.82 Å². The SMILES string of the molecule is C=N/C(Sc1ccc2ncn(CCOC)c(=O)c2c1Cl)=C(/N)N=C(C)N1CCC2(CC1)Cc1ncsc1[C@H]2N. The molecule has 5 rings (SSSR count). The zero-order valence-electron chi connectivity index (χ0n) is 21.9.